The molecule has 0 saturated heterocycles. The van der Waals surface area contributed by atoms with Crippen LogP contribution in [0.5, 0.6) is 0 Å². The Hall–Kier alpha value is -3.02. The van der Waals surface area contributed by atoms with Crippen molar-refractivity contribution in [1.29, 1.82) is 0 Å². The van der Waals surface area contributed by atoms with E-state index in [0.29, 0.717) is 17.1 Å². The van der Waals surface area contributed by atoms with Crippen molar-refractivity contribution >= 4 is 11.6 Å². The van der Waals surface area contributed by atoms with Gasteiger partial charge in [-0.05, 0) is 29.8 Å². The SMILES string of the molecule is Cn1cnnc1-c1cccc(NC(=O)Cc2cccc(F)c2)c1. The number of nitrogens with zero attached hydrogens (tertiary/aromatic N) is 3. The second-order valence-electron chi connectivity index (χ2n) is 5.20. The lowest BCUT2D eigenvalue weighted by Crippen LogP contribution is -2.14. The van der Waals surface area contributed by atoms with Crippen LogP contribution in [0.1, 0.15) is 5.56 Å². The normalized spacial score (nSPS) is 10.5. The maximum absolute atomic E-state index is 13.1. The van der Waals surface area contributed by atoms with E-state index in [4.69, 9.17) is 0 Å². The Kier molecular flexibility index (Phi) is 4.14. The van der Waals surface area contributed by atoms with Gasteiger partial charge in [-0.2, -0.15) is 0 Å². The van der Waals surface area contributed by atoms with Gasteiger partial charge in [0.15, 0.2) is 5.82 Å². The van der Waals surface area contributed by atoms with Gasteiger partial charge in [0, 0.05) is 18.3 Å². The fraction of sp³-hybridized carbons (Fsp3) is 0.118. The number of benzene rings is 2. The molecule has 1 amide bonds. The second-order valence-corrected chi connectivity index (χ2v) is 5.20. The zero-order valence-electron chi connectivity index (χ0n) is 12.5. The maximum atomic E-state index is 13.1. The molecule has 1 aromatic heterocycles. The van der Waals surface area contributed by atoms with Gasteiger partial charge in [-0.15, -0.1) is 10.2 Å². The van der Waals surface area contributed by atoms with Gasteiger partial charge in [0.2, 0.25) is 5.91 Å². The first kappa shape index (κ1) is 14.9. The molecule has 6 heteroatoms. The molecule has 0 saturated carbocycles. The molecule has 5 nitrogen and oxygen atoms in total. The van der Waals surface area contributed by atoms with E-state index in [0.717, 1.165) is 5.56 Å². The van der Waals surface area contributed by atoms with Crippen molar-refractivity contribution in [2.75, 3.05) is 5.32 Å². The second kappa shape index (κ2) is 6.39. The number of nitrogens with one attached hydrogen (secondary N) is 1. The molecule has 0 aliphatic carbocycles. The van der Waals surface area contributed by atoms with Crippen molar-refractivity contribution in [1.82, 2.24) is 14.8 Å². The lowest BCUT2D eigenvalue weighted by atomic mass is 10.1. The van der Waals surface area contributed by atoms with Crippen LogP contribution < -0.4 is 5.32 Å². The molecule has 0 fully saturated rings. The first-order chi connectivity index (χ1) is 11.1. The van der Waals surface area contributed by atoms with Crippen molar-refractivity contribution in [2.24, 2.45) is 7.05 Å². The molecule has 0 aliphatic rings. The van der Waals surface area contributed by atoms with Crippen LogP contribution in [0.25, 0.3) is 11.4 Å². The van der Waals surface area contributed by atoms with E-state index in [1.807, 2.05) is 25.2 Å². The zero-order valence-corrected chi connectivity index (χ0v) is 12.5. The first-order valence-electron chi connectivity index (χ1n) is 7.10. The molecule has 3 aromatic rings. The monoisotopic (exact) mass is 310 g/mol. The molecular weight excluding hydrogens is 295 g/mol. The van der Waals surface area contributed by atoms with Gasteiger partial charge in [0.25, 0.3) is 0 Å². The van der Waals surface area contributed by atoms with Crippen LogP contribution in [0, 0.1) is 5.82 Å². The maximum Gasteiger partial charge on any atom is 0.228 e. The Morgan fingerprint density at radius 1 is 1.22 bits per heavy atom. The van der Waals surface area contributed by atoms with Crippen LogP contribution in [0.3, 0.4) is 0 Å². The summed E-state index contributed by atoms with van der Waals surface area (Å²) in [4.78, 5) is 12.1. The highest BCUT2D eigenvalue weighted by Crippen LogP contribution is 2.20. The van der Waals surface area contributed by atoms with Crippen LogP contribution in [0.4, 0.5) is 10.1 Å². The number of carbonyl (C=O) groups is 1. The van der Waals surface area contributed by atoms with E-state index in [1.165, 1.54) is 12.1 Å². The summed E-state index contributed by atoms with van der Waals surface area (Å²) in [7, 11) is 1.85. The Bertz CT molecular complexity index is 844. The van der Waals surface area contributed by atoms with E-state index in [1.54, 1.807) is 29.1 Å². The lowest BCUT2D eigenvalue weighted by molar-refractivity contribution is -0.115. The third kappa shape index (κ3) is 3.60. The molecule has 0 unspecified atom stereocenters. The van der Waals surface area contributed by atoms with Gasteiger partial charge in [0.1, 0.15) is 12.1 Å². The molecule has 116 valence electrons. The highest BCUT2D eigenvalue weighted by Gasteiger charge is 2.08. The van der Waals surface area contributed by atoms with Crippen LogP contribution in [-0.4, -0.2) is 20.7 Å². The van der Waals surface area contributed by atoms with E-state index in [9.17, 15) is 9.18 Å². The summed E-state index contributed by atoms with van der Waals surface area (Å²) in [5.41, 5.74) is 2.15. The van der Waals surface area contributed by atoms with Gasteiger partial charge in [0.05, 0.1) is 6.42 Å². The summed E-state index contributed by atoms with van der Waals surface area (Å²) in [5, 5.41) is 10.7. The van der Waals surface area contributed by atoms with Crippen LogP contribution in [0.2, 0.25) is 0 Å². The largest absolute Gasteiger partial charge is 0.326 e. The molecule has 0 radical (unpaired) electrons. The van der Waals surface area contributed by atoms with Gasteiger partial charge < -0.3 is 9.88 Å². The molecule has 2 aromatic carbocycles. The number of hydrogen-bond donors (Lipinski definition) is 1. The fourth-order valence-electron chi connectivity index (χ4n) is 2.32. The number of amides is 1. The van der Waals surface area contributed by atoms with Gasteiger partial charge in [-0.3, -0.25) is 4.79 Å². The fourth-order valence-corrected chi connectivity index (χ4v) is 2.32. The summed E-state index contributed by atoms with van der Waals surface area (Å²) >= 11 is 0. The third-order valence-electron chi connectivity index (χ3n) is 3.37. The number of hydrogen-bond acceptors (Lipinski definition) is 3. The number of aromatic nitrogens is 3. The number of anilines is 1. The average Bonchev–Trinajstić information content (AvgIpc) is 2.93. The van der Waals surface area contributed by atoms with Crippen LogP contribution in [-0.2, 0) is 18.3 Å². The van der Waals surface area contributed by atoms with Crippen molar-refractivity contribution in [2.45, 2.75) is 6.42 Å². The number of carbonyl (C=O) groups excluding carboxylic acids is 1. The van der Waals surface area contributed by atoms with Gasteiger partial charge in [-0.1, -0.05) is 24.3 Å². The van der Waals surface area contributed by atoms with Gasteiger partial charge >= 0.3 is 0 Å². The predicted molar refractivity (Wildman–Crippen MR) is 85.2 cm³/mol. The summed E-state index contributed by atoms with van der Waals surface area (Å²) in [6.07, 6.45) is 1.73. The summed E-state index contributed by atoms with van der Waals surface area (Å²) in [6.45, 7) is 0. The smallest absolute Gasteiger partial charge is 0.228 e. The molecule has 1 N–H and O–H groups in total. The summed E-state index contributed by atoms with van der Waals surface area (Å²) in [6, 6.07) is 13.4. The topological polar surface area (TPSA) is 59.8 Å². The molecule has 0 bridgehead atoms. The molecule has 0 atom stereocenters. The van der Waals surface area contributed by atoms with Crippen molar-refractivity contribution in [3.8, 4) is 11.4 Å². The quantitative estimate of drug-likeness (QED) is 0.806. The standard InChI is InChI=1S/C17H15FN4O/c1-22-11-19-21-17(22)13-5-3-7-15(10-13)20-16(23)9-12-4-2-6-14(18)8-12/h2-8,10-11H,9H2,1H3,(H,20,23). The molecule has 0 aliphatic heterocycles. The highest BCUT2D eigenvalue weighted by molar-refractivity contribution is 5.92. The molecule has 0 spiro atoms. The van der Waals surface area contributed by atoms with Gasteiger partial charge in [-0.25, -0.2) is 4.39 Å². The molecule has 3 rings (SSSR count). The Morgan fingerprint density at radius 3 is 2.78 bits per heavy atom. The summed E-state index contributed by atoms with van der Waals surface area (Å²) in [5.74, 6) is 0.163. The highest BCUT2D eigenvalue weighted by atomic mass is 19.1. The van der Waals surface area contributed by atoms with E-state index in [-0.39, 0.29) is 18.1 Å². The Balaban J connectivity index is 1.73. The zero-order chi connectivity index (χ0) is 16.2. The van der Waals surface area contributed by atoms with Crippen LogP contribution >= 0.6 is 0 Å². The minimum Gasteiger partial charge on any atom is -0.326 e. The van der Waals surface area contributed by atoms with E-state index >= 15 is 0 Å². The predicted octanol–water partition coefficient (Wildman–Crippen LogP) is 2.80. The van der Waals surface area contributed by atoms with E-state index < -0.39 is 0 Å². The van der Waals surface area contributed by atoms with Crippen molar-refractivity contribution in [3.05, 3.63) is 66.2 Å². The number of halogens is 1. The average molecular weight is 310 g/mol. The van der Waals surface area contributed by atoms with Crippen LogP contribution in [0.15, 0.2) is 54.9 Å². The lowest BCUT2D eigenvalue weighted by Gasteiger charge is -2.07. The Labute approximate surface area is 132 Å². The van der Waals surface area contributed by atoms with E-state index in [2.05, 4.69) is 15.5 Å². The molecular formula is C17H15FN4O. The first-order valence-corrected chi connectivity index (χ1v) is 7.10. The number of aryl methyl sites for hydroxylation is 1. The minimum atomic E-state index is -0.348. The Morgan fingerprint density at radius 2 is 2.04 bits per heavy atom. The molecule has 1 heterocycles. The minimum absolute atomic E-state index is 0.117. The molecule has 23 heavy (non-hydrogen) atoms. The van der Waals surface area contributed by atoms with Crippen molar-refractivity contribution in [3.63, 3.8) is 0 Å². The van der Waals surface area contributed by atoms with Crippen molar-refractivity contribution < 1.29 is 9.18 Å². The number of rotatable bonds is 4. The summed E-state index contributed by atoms with van der Waals surface area (Å²) < 4.78 is 14.9. The third-order valence-corrected chi connectivity index (χ3v) is 3.37.